The standard InChI is InChI=1S/C14H16ClN3O/c15-11-1-8-7-17-18-13(8)12(2-11)14(19)3-9-5-16-6-10(9)4-14/h1-2,7,9-10,16,19H,3-6H2,(H,17,18). The predicted molar refractivity (Wildman–Crippen MR) is 74.1 cm³/mol. The third-order valence-electron chi connectivity index (χ3n) is 4.69. The second-order valence-electron chi connectivity index (χ2n) is 5.91. The third kappa shape index (κ3) is 1.71. The number of aromatic nitrogens is 2. The summed E-state index contributed by atoms with van der Waals surface area (Å²) in [7, 11) is 0. The Morgan fingerprint density at radius 2 is 2.00 bits per heavy atom. The van der Waals surface area contributed by atoms with E-state index in [1.54, 1.807) is 6.20 Å². The molecule has 0 amide bonds. The zero-order chi connectivity index (χ0) is 13.0. The van der Waals surface area contributed by atoms with Crippen LogP contribution in [-0.2, 0) is 5.60 Å². The minimum absolute atomic E-state index is 0.571. The van der Waals surface area contributed by atoms with Crippen molar-refractivity contribution in [1.29, 1.82) is 0 Å². The summed E-state index contributed by atoms with van der Waals surface area (Å²) in [5.74, 6) is 1.14. The van der Waals surface area contributed by atoms with Crippen LogP contribution in [0.3, 0.4) is 0 Å². The minimum atomic E-state index is -0.771. The Labute approximate surface area is 116 Å². The van der Waals surface area contributed by atoms with Gasteiger partial charge in [-0.2, -0.15) is 5.10 Å². The zero-order valence-electron chi connectivity index (χ0n) is 10.5. The number of rotatable bonds is 1. The smallest absolute Gasteiger partial charge is 0.0924 e. The number of nitrogens with zero attached hydrogens (tertiary/aromatic N) is 1. The molecular formula is C14H16ClN3O. The summed E-state index contributed by atoms with van der Waals surface area (Å²) in [6.07, 6.45) is 3.36. The van der Waals surface area contributed by atoms with Gasteiger partial charge in [0.05, 0.1) is 17.3 Å². The van der Waals surface area contributed by atoms with Crippen LogP contribution in [0.5, 0.6) is 0 Å². The Balaban J connectivity index is 1.83. The van der Waals surface area contributed by atoms with Crippen LogP contribution in [0, 0.1) is 11.8 Å². The van der Waals surface area contributed by atoms with Crippen molar-refractivity contribution in [1.82, 2.24) is 15.5 Å². The Bertz CT molecular complexity index is 627. The van der Waals surface area contributed by atoms with Gasteiger partial charge in [-0.25, -0.2) is 0 Å². The van der Waals surface area contributed by atoms with E-state index in [-0.39, 0.29) is 0 Å². The summed E-state index contributed by atoms with van der Waals surface area (Å²) in [6, 6.07) is 3.77. The van der Waals surface area contributed by atoms with Crippen molar-refractivity contribution < 1.29 is 5.11 Å². The molecule has 1 saturated carbocycles. The van der Waals surface area contributed by atoms with Gasteiger partial charge in [0, 0.05) is 16.0 Å². The molecule has 100 valence electrons. The number of aromatic amines is 1. The van der Waals surface area contributed by atoms with Gasteiger partial charge in [-0.15, -0.1) is 0 Å². The zero-order valence-corrected chi connectivity index (χ0v) is 11.2. The largest absolute Gasteiger partial charge is 0.385 e. The predicted octanol–water partition coefficient (Wildman–Crippen LogP) is 2.03. The fourth-order valence-corrected chi connectivity index (χ4v) is 4.05. The number of hydrogen-bond acceptors (Lipinski definition) is 3. The van der Waals surface area contributed by atoms with Crippen LogP contribution >= 0.6 is 11.6 Å². The van der Waals surface area contributed by atoms with Gasteiger partial charge < -0.3 is 10.4 Å². The molecule has 2 fully saturated rings. The number of fused-ring (bicyclic) bond motifs is 2. The summed E-state index contributed by atoms with van der Waals surface area (Å²) < 4.78 is 0. The number of halogens is 1. The molecule has 1 aromatic carbocycles. The maximum Gasteiger partial charge on any atom is 0.0924 e. The van der Waals surface area contributed by atoms with Gasteiger partial charge in [0.1, 0.15) is 0 Å². The Kier molecular flexibility index (Phi) is 2.43. The molecule has 2 aromatic rings. The molecule has 1 aliphatic carbocycles. The lowest BCUT2D eigenvalue weighted by molar-refractivity contribution is 0.0372. The highest BCUT2D eigenvalue weighted by Gasteiger charge is 2.47. The number of hydrogen-bond donors (Lipinski definition) is 3. The van der Waals surface area contributed by atoms with Gasteiger partial charge in [-0.1, -0.05) is 11.6 Å². The quantitative estimate of drug-likeness (QED) is 0.747. The fraction of sp³-hybridized carbons (Fsp3) is 0.500. The normalized spacial score (nSPS) is 34.0. The van der Waals surface area contributed by atoms with Crippen molar-refractivity contribution >= 4 is 22.5 Å². The molecule has 19 heavy (non-hydrogen) atoms. The van der Waals surface area contributed by atoms with E-state index in [2.05, 4.69) is 15.5 Å². The molecule has 3 N–H and O–H groups in total. The molecular weight excluding hydrogens is 262 g/mol. The molecule has 4 nitrogen and oxygen atoms in total. The highest BCUT2D eigenvalue weighted by Crippen LogP contribution is 2.48. The molecule has 1 aromatic heterocycles. The summed E-state index contributed by atoms with van der Waals surface area (Å²) in [6.45, 7) is 2.03. The van der Waals surface area contributed by atoms with E-state index in [9.17, 15) is 5.11 Å². The van der Waals surface area contributed by atoms with Crippen LogP contribution in [-0.4, -0.2) is 28.4 Å². The Hall–Kier alpha value is -1.10. The summed E-state index contributed by atoms with van der Waals surface area (Å²) in [5.41, 5.74) is 1.05. The number of nitrogens with one attached hydrogen (secondary N) is 2. The molecule has 4 rings (SSSR count). The van der Waals surface area contributed by atoms with Gasteiger partial charge in [-0.3, -0.25) is 5.10 Å². The second kappa shape index (κ2) is 3.95. The topological polar surface area (TPSA) is 60.9 Å². The van der Waals surface area contributed by atoms with Gasteiger partial charge in [-0.05, 0) is 49.9 Å². The van der Waals surface area contributed by atoms with E-state index in [0.717, 1.165) is 42.4 Å². The molecule has 2 aliphatic rings. The number of aliphatic hydroxyl groups is 1. The van der Waals surface area contributed by atoms with E-state index in [0.29, 0.717) is 16.9 Å². The Morgan fingerprint density at radius 1 is 1.26 bits per heavy atom. The molecule has 1 aliphatic heterocycles. The molecule has 0 bridgehead atoms. The first kappa shape index (κ1) is 11.7. The van der Waals surface area contributed by atoms with Crippen LogP contribution in [0.2, 0.25) is 5.02 Å². The van der Waals surface area contributed by atoms with Crippen molar-refractivity contribution in [3.05, 3.63) is 28.9 Å². The number of benzene rings is 1. The minimum Gasteiger partial charge on any atom is -0.385 e. The average molecular weight is 278 g/mol. The highest BCUT2D eigenvalue weighted by atomic mass is 35.5. The molecule has 2 heterocycles. The fourth-order valence-electron chi connectivity index (χ4n) is 3.82. The molecule has 2 atom stereocenters. The van der Waals surface area contributed by atoms with Crippen LogP contribution in [0.15, 0.2) is 18.3 Å². The third-order valence-corrected chi connectivity index (χ3v) is 4.91. The summed E-state index contributed by atoms with van der Waals surface area (Å²) in [4.78, 5) is 0. The van der Waals surface area contributed by atoms with Crippen molar-refractivity contribution in [2.24, 2.45) is 11.8 Å². The first-order valence-electron chi connectivity index (χ1n) is 6.72. The lowest BCUT2D eigenvalue weighted by Crippen LogP contribution is -2.26. The maximum atomic E-state index is 11.1. The van der Waals surface area contributed by atoms with Gasteiger partial charge in [0.15, 0.2) is 0 Å². The summed E-state index contributed by atoms with van der Waals surface area (Å²) in [5, 5.41) is 23.2. The van der Waals surface area contributed by atoms with E-state index in [4.69, 9.17) is 11.6 Å². The molecule has 1 saturated heterocycles. The van der Waals surface area contributed by atoms with E-state index in [1.165, 1.54) is 0 Å². The first-order chi connectivity index (χ1) is 9.16. The Morgan fingerprint density at radius 3 is 2.74 bits per heavy atom. The lowest BCUT2D eigenvalue weighted by atomic mass is 9.89. The first-order valence-corrected chi connectivity index (χ1v) is 7.10. The molecule has 0 spiro atoms. The molecule has 5 heteroatoms. The van der Waals surface area contributed by atoms with Crippen LogP contribution in [0.25, 0.3) is 10.9 Å². The number of H-pyrrole nitrogens is 1. The second-order valence-corrected chi connectivity index (χ2v) is 6.34. The monoisotopic (exact) mass is 277 g/mol. The molecule has 0 radical (unpaired) electrons. The van der Waals surface area contributed by atoms with Gasteiger partial charge in [0.2, 0.25) is 0 Å². The molecule has 2 unspecified atom stereocenters. The van der Waals surface area contributed by atoms with Crippen molar-refractivity contribution in [3.63, 3.8) is 0 Å². The van der Waals surface area contributed by atoms with E-state index < -0.39 is 5.60 Å². The highest BCUT2D eigenvalue weighted by molar-refractivity contribution is 6.31. The average Bonchev–Trinajstić information content (AvgIpc) is 3.01. The lowest BCUT2D eigenvalue weighted by Gasteiger charge is -2.25. The van der Waals surface area contributed by atoms with Crippen molar-refractivity contribution in [2.75, 3.05) is 13.1 Å². The van der Waals surface area contributed by atoms with Gasteiger partial charge >= 0.3 is 0 Å². The van der Waals surface area contributed by atoms with Crippen molar-refractivity contribution in [2.45, 2.75) is 18.4 Å². The van der Waals surface area contributed by atoms with Crippen molar-refractivity contribution in [3.8, 4) is 0 Å². The van der Waals surface area contributed by atoms with Crippen LogP contribution in [0.1, 0.15) is 18.4 Å². The summed E-state index contributed by atoms with van der Waals surface area (Å²) >= 11 is 6.18. The van der Waals surface area contributed by atoms with Crippen LogP contribution in [0.4, 0.5) is 0 Å². The van der Waals surface area contributed by atoms with Crippen LogP contribution < -0.4 is 5.32 Å². The maximum absolute atomic E-state index is 11.1. The van der Waals surface area contributed by atoms with E-state index >= 15 is 0 Å². The van der Waals surface area contributed by atoms with Gasteiger partial charge in [0.25, 0.3) is 0 Å². The SMILES string of the molecule is OC1(c2cc(Cl)cc3cn[nH]c23)CC2CNCC2C1. The van der Waals surface area contributed by atoms with E-state index in [1.807, 2.05) is 12.1 Å².